The van der Waals surface area contributed by atoms with E-state index in [1.54, 1.807) is 6.92 Å². The number of hydrogen-bond donors (Lipinski definition) is 4. The van der Waals surface area contributed by atoms with Crippen molar-refractivity contribution in [2.45, 2.75) is 40.2 Å². The molecule has 0 aliphatic carbocycles. The standard InChI is InChI=1S/C22H28F2N4O4/c1-4-13(3)8-16-19(29)20(30)17(11-26-27-12-28(5-2)22(16)32)21(31)25-10-14-6-7-15(23)9-18(14)24/h6-7,9,11,13,26-27,29H,4-5,8,10,12H2,1-3H3,(H,25,31)/b17-11+,19-16-. The molecular weight excluding hydrogens is 422 g/mol. The van der Waals surface area contributed by atoms with Gasteiger partial charge in [-0.1, -0.05) is 26.3 Å². The van der Waals surface area contributed by atoms with Crippen LogP contribution in [0.4, 0.5) is 8.78 Å². The molecule has 1 atom stereocenters. The highest BCUT2D eigenvalue weighted by molar-refractivity contribution is 6.26. The Kier molecular flexibility index (Phi) is 8.89. The predicted octanol–water partition coefficient (Wildman–Crippen LogP) is 2.20. The van der Waals surface area contributed by atoms with Crippen LogP contribution in [0.15, 0.2) is 41.3 Å². The molecule has 1 aliphatic heterocycles. The van der Waals surface area contributed by atoms with E-state index >= 15 is 0 Å². The maximum atomic E-state index is 13.8. The number of aliphatic hydroxyl groups is 1. The van der Waals surface area contributed by atoms with Gasteiger partial charge < -0.3 is 20.7 Å². The number of hydrazine groups is 1. The van der Waals surface area contributed by atoms with Crippen LogP contribution in [0.2, 0.25) is 0 Å². The fraction of sp³-hybridized carbons (Fsp3) is 0.409. The highest BCUT2D eigenvalue weighted by atomic mass is 19.1. The van der Waals surface area contributed by atoms with Gasteiger partial charge in [0.25, 0.3) is 11.8 Å². The van der Waals surface area contributed by atoms with Crippen LogP contribution in [0.5, 0.6) is 0 Å². The van der Waals surface area contributed by atoms with Crippen molar-refractivity contribution in [2.24, 2.45) is 5.92 Å². The summed E-state index contributed by atoms with van der Waals surface area (Å²) in [6.45, 7) is 5.65. The minimum Gasteiger partial charge on any atom is -0.504 e. The number of nitrogens with zero attached hydrogens (tertiary/aromatic N) is 1. The number of allylic oxidation sites excluding steroid dienone is 1. The number of aliphatic hydroxyl groups excluding tert-OH is 1. The van der Waals surface area contributed by atoms with Gasteiger partial charge in [0.1, 0.15) is 17.2 Å². The van der Waals surface area contributed by atoms with Gasteiger partial charge in [-0.15, -0.1) is 0 Å². The molecule has 0 saturated carbocycles. The lowest BCUT2D eigenvalue weighted by Gasteiger charge is -2.25. The average molecular weight is 450 g/mol. The fourth-order valence-corrected chi connectivity index (χ4v) is 3.00. The molecule has 4 N–H and O–H groups in total. The topological polar surface area (TPSA) is 111 Å². The summed E-state index contributed by atoms with van der Waals surface area (Å²) in [6.07, 6.45) is 1.95. The summed E-state index contributed by atoms with van der Waals surface area (Å²) in [5, 5.41) is 13.1. The molecule has 10 heteroatoms. The third kappa shape index (κ3) is 6.13. The normalized spacial score (nSPS) is 20.3. The Bertz CT molecular complexity index is 946. The van der Waals surface area contributed by atoms with Gasteiger partial charge in [0.15, 0.2) is 5.76 Å². The van der Waals surface area contributed by atoms with Gasteiger partial charge in [-0.05, 0) is 25.3 Å². The first kappa shape index (κ1) is 25.0. The van der Waals surface area contributed by atoms with Crippen molar-refractivity contribution in [1.29, 1.82) is 0 Å². The SMILES string of the molecule is CCC(C)C/C1=C(/O)C(=O)/C(C(=O)NCc2ccc(F)cc2F)=C\NNCN(CC)C1=O. The van der Waals surface area contributed by atoms with Gasteiger partial charge >= 0.3 is 0 Å². The van der Waals surface area contributed by atoms with E-state index in [2.05, 4.69) is 16.2 Å². The quantitative estimate of drug-likeness (QED) is 0.474. The van der Waals surface area contributed by atoms with E-state index in [1.165, 1.54) is 11.0 Å². The Morgan fingerprint density at radius 3 is 2.62 bits per heavy atom. The Morgan fingerprint density at radius 1 is 1.28 bits per heavy atom. The Balaban J connectivity index is 2.33. The van der Waals surface area contributed by atoms with Crippen LogP contribution in [0.3, 0.4) is 0 Å². The number of ketones is 1. The predicted molar refractivity (Wildman–Crippen MR) is 114 cm³/mol. The van der Waals surface area contributed by atoms with Crippen molar-refractivity contribution in [3.8, 4) is 0 Å². The summed E-state index contributed by atoms with van der Waals surface area (Å²) < 4.78 is 26.9. The largest absolute Gasteiger partial charge is 0.504 e. The molecule has 32 heavy (non-hydrogen) atoms. The second kappa shape index (κ2) is 11.4. The first-order valence-electron chi connectivity index (χ1n) is 10.4. The lowest BCUT2D eigenvalue weighted by molar-refractivity contribution is -0.129. The van der Waals surface area contributed by atoms with Crippen LogP contribution in [-0.4, -0.2) is 40.8 Å². The number of rotatable bonds is 7. The Hall–Kier alpha value is -3.27. The summed E-state index contributed by atoms with van der Waals surface area (Å²) in [5.74, 6) is -4.84. The van der Waals surface area contributed by atoms with Crippen LogP contribution in [0, 0.1) is 17.6 Å². The van der Waals surface area contributed by atoms with Crippen molar-refractivity contribution in [2.75, 3.05) is 13.2 Å². The molecule has 8 nitrogen and oxygen atoms in total. The molecule has 1 aromatic rings. The van der Waals surface area contributed by atoms with Crippen LogP contribution >= 0.6 is 0 Å². The molecule has 0 bridgehead atoms. The molecule has 2 amide bonds. The Morgan fingerprint density at radius 2 is 2.00 bits per heavy atom. The van der Waals surface area contributed by atoms with Crippen LogP contribution < -0.4 is 16.2 Å². The van der Waals surface area contributed by atoms with Gasteiger partial charge in [0, 0.05) is 30.9 Å². The van der Waals surface area contributed by atoms with E-state index < -0.39 is 40.6 Å². The lowest BCUT2D eigenvalue weighted by atomic mass is 9.94. The average Bonchev–Trinajstić information content (AvgIpc) is 2.77. The summed E-state index contributed by atoms with van der Waals surface area (Å²) in [4.78, 5) is 40.0. The third-order valence-corrected chi connectivity index (χ3v) is 5.21. The van der Waals surface area contributed by atoms with E-state index in [0.29, 0.717) is 12.6 Å². The fourth-order valence-electron chi connectivity index (χ4n) is 3.00. The van der Waals surface area contributed by atoms with E-state index in [4.69, 9.17) is 0 Å². The number of Topliss-reactive ketones (excluding diaryl/α,β-unsaturated/α-hetero) is 1. The number of halogens is 2. The number of hydrogen-bond acceptors (Lipinski definition) is 6. The van der Waals surface area contributed by atoms with Gasteiger partial charge in [-0.2, -0.15) is 0 Å². The number of carbonyl (C=O) groups excluding carboxylic acids is 3. The highest BCUT2D eigenvalue weighted by Crippen LogP contribution is 2.22. The summed E-state index contributed by atoms with van der Waals surface area (Å²) in [5.41, 5.74) is 4.76. The molecule has 0 radical (unpaired) electrons. The molecule has 1 aliphatic rings. The third-order valence-electron chi connectivity index (χ3n) is 5.21. The zero-order valence-electron chi connectivity index (χ0n) is 18.3. The molecule has 174 valence electrons. The Labute approximate surface area is 185 Å². The molecule has 1 heterocycles. The molecule has 0 spiro atoms. The van der Waals surface area contributed by atoms with E-state index in [0.717, 1.165) is 18.7 Å². The van der Waals surface area contributed by atoms with E-state index in [-0.39, 0.29) is 36.7 Å². The van der Waals surface area contributed by atoms with Gasteiger partial charge in [-0.25, -0.2) is 14.2 Å². The number of amides is 2. The van der Waals surface area contributed by atoms with Gasteiger partial charge in [0.2, 0.25) is 5.78 Å². The second-order valence-electron chi connectivity index (χ2n) is 7.49. The van der Waals surface area contributed by atoms with Crippen molar-refractivity contribution in [1.82, 2.24) is 21.1 Å². The molecule has 0 saturated heterocycles. The smallest absolute Gasteiger partial charge is 0.257 e. The van der Waals surface area contributed by atoms with Crippen molar-refractivity contribution in [3.63, 3.8) is 0 Å². The first-order chi connectivity index (χ1) is 15.2. The zero-order valence-corrected chi connectivity index (χ0v) is 18.3. The first-order valence-corrected chi connectivity index (χ1v) is 10.4. The van der Waals surface area contributed by atoms with Crippen molar-refractivity contribution in [3.05, 3.63) is 58.5 Å². The van der Waals surface area contributed by atoms with Crippen LogP contribution in [0.1, 0.15) is 39.2 Å². The van der Waals surface area contributed by atoms with Crippen molar-refractivity contribution < 1.29 is 28.3 Å². The minimum atomic E-state index is -1.04. The molecular formula is C22H28F2N4O4. The number of nitrogens with one attached hydrogen (secondary N) is 3. The van der Waals surface area contributed by atoms with E-state index in [9.17, 15) is 28.3 Å². The molecule has 0 fully saturated rings. The maximum Gasteiger partial charge on any atom is 0.257 e. The van der Waals surface area contributed by atoms with Crippen LogP contribution in [0.25, 0.3) is 0 Å². The van der Waals surface area contributed by atoms with Gasteiger partial charge in [-0.3, -0.25) is 14.4 Å². The number of likely N-dealkylation sites (N-methyl/N-ethyl adjacent to an activating group) is 1. The highest BCUT2D eigenvalue weighted by Gasteiger charge is 2.30. The molecule has 1 aromatic carbocycles. The van der Waals surface area contributed by atoms with Gasteiger partial charge in [0.05, 0.1) is 12.2 Å². The van der Waals surface area contributed by atoms with Crippen LogP contribution in [-0.2, 0) is 20.9 Å². The zero-order chi connectivity index (χ0) is 23.8. The number of carbonyl (C=O) groups is 3. The summed E-state index contributed by atoms with van der Waals surface area (Å²) in [6, 6.07) is 2.90. The van der Waals surface area contributed by atoms with Crippen molar-refractivity contribution >= 4 is 17.6 Å². The summed E-state index contributed by atoms with van der Waals surface area (Å²) in [7, 11) is 0. The second-order valence-corrected chi connectivity index (χ2v) is 7.49. The monoisotopic (exact) mass is 450 g/mol. The molecule has 0 aromatic heterocycles. The lowest BCUT2D eigenvalue weighted by Crippen LogP contribution is -2.45. The maximum absolute atomic E-state index is 13.8. The number of benzene rings is 1. The summed E-state index contributed by atoms with van der Waals surface area (Å²) >= 11 is 0. The molecule has 2 rings (SSSR count). The minimum absolute atomic E-state index is 0.0133. The molecule has 1 unspecified atom stereocenters. The van der Waals surface area contributed by atoms with E-state index in [1.807, 2.05) is 13.8 Å².